The van der Waals surface area contributed by atoms with Gasteiger partial charge in [-0.25, -0.2) is 0 Å². The van der Waals surface area contributed by atoms with Gasteiger partial charge in [0.1, 0.15) is 0 Å². The van der Waals surface area contributed by atoms with E-state index in [1.165, 1.54) is 24.1 Å². The van der Waals surface area contributed by atoms with Crippen molar-refractivity contribution in [1.29, 1.82) is 0 Å². The van der Waals surface area contributed by atoms with Crippen LogP contribution in [0.4, 0.5) is 0 Å². The van der Waals surface area contributed by atoms with Gasteiger partial charge in [-0.2, -0.15) is 5.10 Å². The second kappa shape index (κ2) is 5.85. The topological polar surface area (TPSA) is 33.1 Å². The predicted molar refractivity (Wildman–Crippen MR) is 74.7 cm³/mol. The number of nitrogens with zero attached hydrogens (tertiary/aromatic N) is 3. The molecular formula is C14H26N4. The van der Waals surface area contributed by atoms with Crippen LogP contribution in [0.5, 0.6) is 0 Å². The monoisotopic (exact) mass is 250 g/mol. The molecule has 1 N–H and O–H groups in total. The number of likely N-dealkylation sites (N-methyl/N-ethyl adjacent to an activating group) is 1. The fourth-order valence-corrected chi connectivity index (χ4v) is 2.19. The van der Waals surface area contributed by atoms with Crippen molar-refractivity contribution >= 4 is 0 Å². The van der Waals surface area contributed by atoms with Crippen LogP contribution in [-0.4, -0.2) is 41.4 Å². The maximum Gasteiger partial charge on any atom is 0.0539 e. The Morgan fingerprint density at radius 1 is 1.44 bits per heavy atom. The quantitative estimate of drug-likeness (QED) is 0.801. The summed E-state index contributed by atoms with van der Waals surface area (Å²) in [6, 6.07) is 0.530. The number of hydrogen-bond donors (Lipinski definition) is 1. The van der Waals surface area contributed by atoms with Crippen molar-refractivity contribution in [3.05, 3.63) is 17.5 Å². The molecule has 0 amide bonds. The van der Waals surface area contributed by atoms with Gasteiger partial charge in [0.25, 0.3) is 0 Å². The van der Waals surface area contributed by atoms with E-state index in [2.05, 4.69) is 54.1 Å². The molecule has 0 saturated heterocycles. The summed E-state index contributed by atoms with van der Waals surface area (Å²) >= 11 is 0. The highest BCUT2D eigenvalue weighted by molar-refractivity contribution is 5.25. The molecule has 1 fully saturated rings. The summed E-state index contributed by atoms with van der Waals surface area (Å²) in [6.45, 7) is 7.38. The van der Waals surface area contributed by atoms with E-state index >= 15 is 0 Å². The van der Waals surface area contributed by atoms with Crippen LogP contribution >= 0.6 is 0 Å². The first-order valence-electron chi connectivity index (χ1n) is 7.00. The average Bonchev–Trinajstić information content (AvgIpc) is 3.05. The molecule has 18 heavy (non-hydrogen) atoms. The zero-order chi connectivity index (χ0) is 13.1. The summed E-state index contributed by atoms with van der Waals surface area (Å²) in [4.78, 5) is 2.21. The van der Waals surface area contributed by atoms with Gasteiger partial charge in [0.05, 0.1) is 12.7 Å². The van der Waals surface area contributed by atoms with E-state index in [4.69, 9.17) is 0 Å². The summed E-state index contributed by atoms with van der Waals surface area (Å²) in [6.07, 6.45) is 4.73. The Balaban J connectivity index is 2.05. The molecule has 0 spiro atoms. The minimum Gasteiger partial charge on any atom is -0.310 e. The van der Waals surface area contributed by atoms with E-state index in [-0.39, 0.29) is 0 Å². The van der Waals surface area contributed by atoms with Crippen LogP contribution in [0.25, 0.3) is 0 Å². The van der Waals surface area contributed by atoms with Crippen LogP contribution in [0.2, 0.25) is 0 Å². The molecular weight excluding hydrogens is 224 g/mol. The van der Waals surface area contributed by atoms with Crippen molar-refractivity contribution in [2.45, 2.75) is 51.7 Å². The number of rotatable bonds is 7. The number of aromatic nitrogens is 2. The second-order valence-corrected chi connectivity index (χ2v) is 5.89. The van der Waals surface area contributed by atoms with Gasteiger partial charge in [-0.3, -0.25) is 4.68 Å². The van der Waals surface area contributed by atoms with Gasteiger partial charge in [0.2, 0.25) is 0 Å². The highest BCUT2D eigenvalue weighted by Gasteiger charge is 2.29. The van der Waals surface area contributed by atoms with Crippen LogP contribution in [0.3, 0.4) is 0 Å². The molecule has 4 nitrogen and oxygen atoms in total. The zero-order valence-electron chi connectivity index (χ0n) is 12.1. The lowest BCUT2D eigenvalue weighted by atomic mass is 10.1. The third kappa shape index (κ3) is 3.56. The molecule has 0 radical (unpaired) electrons. The molecule has 0 aliphatic heterocycles. The Hall–Kier alpha value is -0.870. The van der Waals surface area contributed by atoms with E-state index < -0.39 is 0 Å². The molecule has 0 atom stereocenters. The maximum absolute atomic E-state index is 4.58. The molecule has 1 saturated carbocycles. The molecule has 0 bridgehead atoms. The Kier molecular flexibility index (Phi) is 4.40. The molecule has 1 aromatic rings. The Morgan fingerprint density at radius 2 is 2.17 bits per heavy atom. The van der Waals surface area contributed by atoms with Crippen molar-refractivity contribution < 1.29 is 0 Å². The Bertz CT molecular complexity index is 348. The first-order valence-corrected chi connectivity index (χ1v) is 7.00. The summed E-state index contributed by atoms with van der Waals surface area (Å²) in [5, 5.41) is 8.08. The molecule has 4 heteroatoms. The summed E-state index contributed by atoms with van der Waals surface area (Å²) < 4.78 is 2.22. The van der Waals surface area contributed by atoms with Crippen LogP contribution in [-0.2, 0) is 13.1 Å². The Morgan fingerprint density at radius 3 is 2.72 bits per heavy atom. The van der Waals surface area contributed by atoms with Crippen LogP contribution in [0.15, 0.2) is 6.20 Å². The first kappa shape index (κ1) is 13.6. The van der Waals surface area contributed by atoms with Gasteiger partial charge in [-0.1, -0.05) is 13.8 Å². The molecule has 2 rings (SSSR count). The van der Waals surface area contributed by atoms with E-state index in [1.807, 2.05) is 0 Å². The lowest BCUT2D eigenvalue weighted by Gasteiger charge is -2.13. The fraction of sp³-hybridized carbons (Fsp3) is 0.786. The summed E-state index contributed by atoms with van der Waals surface area (Å²) in [5.74, 6) is 0.763. The number of hydrogen-bond acceptors (Lipinski definition) is 3. The lowest BCUT2D eigenvalue weighted by molar-refractivity contribution is 0.369. The first-order chi connectivity index (χ1) is 8.58. The summed E-state index contributed by atoms with van der Waals surface area (Å²) in [7, 11) is 4.23. The molecule has 0 aromatic carbocycles. The van der Waals surface area contributed by atoms with Crippen molar-refractivity contribution in [2.24, 2.45) is 0 Å². The molecule has 1 aliphatic rings. The normalized spacial score (nSPS) is 15.9. The molecule has 1 aromatic heterocycles. The Labute approximate surface area is 110 Å². The van der Waals surface area contributed by atoms with Crippen molar-refractivity contribution in [1.82, 2.24) is 20.0 Å². The van der Waals surface area contributed by atoms with E-state index in [9.17, 15) is 0 Å². The van der Waals surface area contributed by atoms with E-state index in [0.717, 1.165) is 25.6 Å². The highest BCUT2D eigenvalue weighted by atomic mass is 15.3. The minimum atomic E-state index is 0.530. The third-order valence-electron chi connectivity index (χ3n) is 3.38. The maximum atomic E-state index is 4.58. The van der Waals surface area contributed by atoms with Gasteiger partial charge in [0, 0.05) is 36.3 Å². The average molecular weight is 250 g/mol. The van der Waals surface area contributed by atoms with Crippen molar-refractivity contribution in [2.75, 3.05) is 20.6 Å². The standard InChI is InChI=1S/C14H26N4/c1-11(2)15-9-13-10-16-18(8-7-17(3)4)14(13)12-5-6-12/h10-12,15H,5-9H2,1-4H3. The van der Waals surface area contributed by atoms with Crippen molar-refractivity contribution in [3.8, 4) is 0 Å². The lowest BCUT2D eigenvalue weighted by Crippen LogP contribution is -2.23. The van der Waals surface area contributed by atoms with Crippen LogP contribution in [0, 0.1) is 0 Å². The van der Waals surface area contributed by atoms with Gasteiger partial charge >= 0.3 is 0 Å². The van der Waals surface area contributed by atoms with E-state index in [1.54, 1.807) is 0 Å². The van der Waals surface area contributed by atoms with Crippen molar-refractivity contribution in [3.63, 3.8) is 0 Å². The largest absolute Gasteiger partial charge is 0.310 e. The molecule has 102 valence electrons. The fourth-order valence-electron chi connectivity index (χ4n) is 2.19. The molecule has 0 unspecified atom stereocenters. The molecule has 1 aliphatic carbocycles. The smallest absolute Gasteiger partial charge is 0.0539 e. The van der Waals surface area contributed by atoms with Gasteiger partial charge in [-0.15, -0.1) is 0 Å². The number of nitrogens with one attached hydrogen (secondary N) is 1. The minimum absolute atomic E-state index is 0.530. The van der Waals surface area contributed by atoms with Crippen LogP contribution < -0.4 is 5.32 Å². The van der Waals surface area contributed by atoms with Gasteiger partial charge in [0.15, 0.2) is 0 Å². The SMILES string of the molecule is CC(C)NCc1cnn(CCN(C)C)c1C1CC1. The highest BCUT2D eigenvalue weighted by Crippen LogP contribution is 2.41. The second-order valence-electron chi connectivity index (χ2n) is 5.89. The van der Waals surface area contributed by atoms with E-state index in [0.29, 0.717) is 6.04 Å². The summed E-state index contributed by atoms with van der Waals surface area (Å²) in [5.41, 5.74) is 2.87. The van der Waals surface area contributed by atoms with Crippen LogP contribution in [0.1, 0.15) is 43.9 Å². The molecule has 1 heterocycles. The van der Waals surface area contributed by atoms with Gasteiger partial charge < -0.3 is 10.2 Å². The third-order valence-corrected chi connectivity index (χ3v) is 3.38. The van der Waals surface area contributed by atoms with Gasteiger partial charge in [-0.05, 0) is 26.9 Å². The predicted octanol–water partition coefficient (Wildman–Crippen LogP) is 1.82. The zero-order valence-corrected chi connectivity index (χ0v) is 12.1.